The lowest BCUT2D eigenvalue weighted by Crippen LogP contribution is -2.58. The van der Waals surface area contributed by atoms with Crippen LogP contribution in [0.5, 0.6) is 0 Å². The third-order valence-electron chi connectivity index (χ3n) is 4.63. The van der Waals surface area contributed by atoms with Gasteiger partial charge in [-0.2, -0.15) is 11.3 Å². The number of amides is 1. The molecule has 3 atom stereocenters. The predicted molar refractivity (Wildman–Crippen MR) is 86.0 cm³/mol. The van der Waals surface area contributed by atoms with Crippen molar-refractivity contribution in [3.05, 3.63) is 22.4 Å². The van der Waals surface area contributed by atoms with E-state index in [4.69, 9.17) is 4.74 Å². The van der Waals surface area contributed by atoms with Crippen LogP contribution in [-0.2, 0) is 16.0 Å². The van der Waals surface area contributed by atoms with Gasteiger partial charge in [0, 0.05) is 19.1 Å². The lowest BCUT2D eigenvalue weighted by Gasteiger charge is -2.43. The first-order valence-corrected chi connectivity index (χ1v) is 8.98. The van der Waals surface area contributed by atoms with Gasteiger partial charge in [0.05, 0.1) is 31.8 Å². The van der Waals surface area contributed by atoms with Crippen molar-refractivity contribution in [1.82, 2.24) is 10.2 Å². The van der Waals surface area contributed by atoms with E-state index < -0.39 is 6.10 Å². The summed E-state index contributed by atoms with van der Waals surface area (Å²) in [6.45, 7) is 3.21. The molecule has 1 saturated carbocycles. The number of nitrogens with one attached hydrogen (secondary N) is 1. The van der Waals surface area contributed by atoms with Gasteiger partial charge >= 0.3 is 0 Å². The number of hydrogen-bond acceptors (Lipinski definition) is 5. The minimum Gasteiger partial charge on any atom is -0.389 e. The highest BCUT2D eigenvalue weighted by molar-refractivity contribution is 7.07. The normalized spacial score (nSPS) is 30.1. The molecule has 0 bridgehead atoms. The molecule has 0 unspecified atom stereocenters. The van der Waals surface area contributed by atoms with Crippen LogP contribution in [-0.4, -0.2) is 60.4 Å². The quantitative estimate of drug-likeness (QED) is 0.868. The third kappa shape index (κ3) is 3.87. The van der Waals surface area contributed by atoms with Crippen LogP contribution in [0.15, 0.2) is 16.8 Å². The zero-order valence-corrected chi connectivity index (χ0v) is 13.6. The number of carbonyl (C=O) groups excluding carboxylic acids is 1. The zero-order valence-electron chi connectivity index (χ0n) is 12.7. The van der Waals surface area contributed by atoms with Crippen LogP contribution in [0.25, 0.3) is 0 Å². The topological polar surface area (TPSA) is 61.8 Å². The van der Waals surface area contributed by atoms with E-state index in [-0.39, 0.29) is 18.0 Å². The number of nitrogens with zero attached hydrogens (tertiary/aromatic N) is 1. The summed E-state index contributed by atoms with van der Waals surface area (Å²) in [4.78, 5) is 14.5. The lowest BCUT2D eigenvalue weighted by molar-refractivity contribution is -0.123. The van der Waals surface area contributed by atoms with Crippen molar-refractivity contribution in [2.24, 2.45) is 0 Å². The van der Waals surface area contributed by atoms with Crippen molar-refractivity contribution in [2.75, 3.05) is 26.3 Å². The molecule has 3 rings (SSSR count). The Morgan fingerprint density at radius 3 is 2.95 bits per heavy atom. The first-order valence-electron chi connectivity index (χ1n) is 8.04. The summed E-state index contributed by atoms with van der Waals surface area (Å²) in [6, 6.07) is 1.98. The van der Waals surface area contributed by atoms with Gasteiger partial charge in [-0.15, -0.1) is 0 Å². The van der Waals surface area contributed by atoms with Crippen molar-refractivity contribution in [1.29, 1.82) is 0 Å². The van der Waals surface area contributed by atoms with Crippen LogP contribution >= 0.6 is 11.3 Å². The van der Waals surface area contributed by atoms with Gasteiger partial charge in [-0.3, -0.25) is 9.69 Å². The van der Waals surface area contributed by atoms with Gasteiger partial charge in [0.15, 0.2) is 0 Å². The Kier molecular flexibility index (Phi) is 5.46. The average molecular weight is 324 g/mol. The van der Waals surface area contributed by atoms with E-state index in [0.29, 0.717) is 6.42 Å². The second-order valence-corrected chi connectivity index (χ2v) is 6.90. The fourth-order valence-electron chi connectivity index (χ4n) is 3.46. The van der Waals surface area contributed by atoms with E-state index in [1.165, 1.54) is 0 Å². The molecule has 1 aliphatic heterocycles. The van der Waals surface area contributed by atoms with Crippen molar-refractivity contribution in [3.63, 3.8) is 0 Å². The highest BCUT2D eigenvalue weighted by Crippen LogP contribution is 2.24. The maximum absolute atomic E-state index is 12.2. The zero-order chi connectivity index (χ0) is 15.4. The number of rotatable bonds is 4. The van der Waals surface area contributed by atoms with Gasteiger partial charge in [-0.05, 0) is 41.7 Å². The molecule has 1 aliphatic carbocycles. The van der Waals surface area contributed by atoms with Gasteiger partial charge in [0.25, 0.3) is 0 Å². The molecule has 1 saturated heterocycles. The molecule has 0 spiro atoms. The van der Waals surface area contributed by atoms with Crippen LogP contribution in [0.4, 0.5) is 0 Å². The Bertz CT molecular complexity index is 474. The molecule has 122 valence electrons. The van der Waals surface area contributed by atoms with Gasteiger partial charge in [-0.1, -0.05) is 0 Å². The van der Waals surface area contributed by atoms with Gasteiger partial charge in [0.1, 0.15) is 0 Å². The summed E-state index contributed by atoms with van der Waals surface area (Å²) < 4.78 is 5.38. The van der Waals surface area contributed by atoms with E-state index in [2.05, 4.69) is 10.2 Å². The molecule has 2 fully saturated rings. The molecule has 22 heavy (non-hydrogen) atoms. The van der Waals surface area contributed by atoms with E-state index >= 15 is 0 Å². The molecule has 5 nitrogen and oxygen atoms in total. The molecule has 2 heterocycles. The number of ether oxygens (including phenoxy) is 1. The Labute approximate surface area is 135 Å². The first kappa shape index (κ1) is 15.9. The van der Waals surface area contributed by atoms with Crippen LogP contribution in [0, 0.1) is 0 Å². The predicted octanol–water partition coefficient (Wildman–Crippen LogP) is 1.02. The minimum absolute atomic E-state index is 0.00470. The number of morpholine rings is 1. The van der Waals surface area contributed by atoms with Crippen molar-refractivity contribution in [3.8, 4) is 0 Å². The molecule has 2 N–H and O–H groups in total. The monoisotopic (exact) mass is 324 g/mol. The second-order valence-electron chi connectivity index (χ2n) is 6.12. The highest BCUT2D eigenvalue weighted by atomic mass is 32.1. The Hall–Kier alpha value is -0.950. The summed E-state index contributed by atoms with van der Waals surface area (Å²) in [5.41, 5.74) is 1.04. The molecule has 1 aromatic heterocycles. The standard InChI is InChI=1S/C16H24N2O3S/c19-15(10-12-4-9-22-11-12)17-13-2-1-3-14(16(13)20)18-5-7-21-8-6-18/h4,9,11,13-14,16,20H,1-3,5-8,10H2,(H,17,19)/t13-,14-,16-/m1/s1. The Morgan fingerprint density at radius 1 is 1.41 bits per heavy atom. The highest BCUT2D eigenvalue weighted by Gasteiger charge is 2.36. The maximum atomic E-state index is 12.2. The number of carbonyl (C=O) groups is 1. The second kappa shape index (κ2) is 7.55. The molecular formula is C16H24N2O3S. The molecular weight excluding hydrogens is 300 g/mol. The first-order chi connectivity index (χ1) is 10.7. The maximum Gasteiger partial charge on any atom is 0.224 e. The molecule has 1 aromatic rings. The van der Waals surface area contributed by atoms with Crippen LogP contribution in [0.1, 0.15) is 24.8 Å². The van der Waals surface area contributed by atoms with Crippen LogP contribution in [0.2, 0.25) is 0 Å². The van der Waals surface area contributed by atoms with Crippen molar-refractivity contribution < 1.29 is 14.6 Å². The number of thiophene rings is 1. The minimum atomic E-state index is -0.488. The number of aliphatic hydroxyl groups is 1. The Morgan fingerprint density at radius 2 is 2.23 bits per heavy atom. The smallest absolute Gasteiger partial charge is 0.224 e. The molecule has 6 heteroatoms. The SMILES string of the molecule is O=C(Cc1ccsc1)N[C@@H]1CCC[C@@H](N2CCOCC2)[C@@H]1O. The van der Waals surface area contributed by atoms with E-state index in [9.17, 15) is 9.90 Å². The molecule has 0 aromatic carbocycles. The van der Waals surface area contributed by atoms with Crippen molar-refractivity contribution >= 4 is 17.2 Å². The molecule has 1 amide bonds. The van der Waals surface area contributed by atoms with Gasteiger partial charge < -0.3 is 15.2 Å². The van der Waals surface area contributed by atoms with E-state index in [1.54, 1.807) is 11.3 Å². The lowest BCUT2D eigenvalue weighted by atomic mass is 9.86. The van der Waals surface area contributed by atoms with E-state index in [0.717, 1.165) is 51.1 Å². The largest absolute Gasteiger partial charge is 0.389 e. The van der Waals surface area contributed by atoms with Crippen LogP contribution in [0.3, 0.4) is 0 Å². The van der Waals surface area contributed by atoms with E-state index in [1.807, 2.05) is 16.8 Å². The fourth-order valence-corrected chi connectivity index (χ4v) is 4.13. The fraction of sp³-hybridized carbons (Fsp3) is 0.688. The summed E-state index contributed by atoms with van der Waals surface area (Å²) in [7, 11) is 0. The van der Waals surface area contributed by atoms with Crippen LogP contribution < -0.4 is 5.32 Å². The van der Waals surface area contributed by atoms with Gasteiger partial charge in [-0.25, -0.2) is 0 Å². The third-order valence-corrected chi connectivity index (χ3v) is 5.36. The molecule has 0 radical (unpaired) electrons. The number of aliphatic hydroxyl groups excluding tert-OH is 1. The summed E-state index contributed by atoms with van der Waals surface area (Å²) >= 11 is 1.60. The summed E-state index contributed by atoms with van der Waals surface area (Å²) in [5.74, 6) is 0.00470. The van der Waals surface area contributed by atoms with Gasteiger partial charge in [0.2, 0.25) is 5.91 Å². The molecule has 2 aliphatic rings. The van der Waals surface area contributed by atoms with Crippen molar-refractivity contribution in [2.45, 2.75) is 43.9 Å². The number of hydrogen-bond donors (Lipinski definition) is 2. The average Bonchev–Trinajstić information content (AvgIpc) is 3.03. The Balaban J connectivity index is 1.55. The summed E-state index contributed by atoms with van der Waals surface area (Å²) in [5, 5.41) is 17.7. The summed E-state index contributed by atoms with van der Waals surface area (Å²) in [6.07, 6.45) is 2.81.